The summed E-state index contributed by atoms with van der Waals surface area (Å²) in [7, 11) is 0. The van der Waals surface area contributed by atoms with E-state index in [2.05, 4.69) is 21.1 Å². The molecule has 0 spiro atoms. The first kappa shape index (κ1) is 20.8. The van der Waals surface area contributed by atoms with Crippen molar-refractivity contribution in [1.82, 2.24) is 5.32 Å². The first-order chi connectivity index (χ1) is 14.6. The predicted octanol–water partition coefficient (Wildman–Crippen LogP) is 5.91. The standard InChI is InChI=1S/C25H28ClN3O/c1-27-22-10-11-24-20(14-22)15-23(28-25(30)13-18-6-3-2-4-7-18)17-29(24)16-19-8-5-9-21(26)12-19/h5,8-12,14,18,23H,2-4,6-7,13,15-17H2,(H,28,30)/t23-/m0/s1. The highest BCUT2D eigenvalue weighted by atomic mass is 35.5. The molecule has 4 rings (SSSR count). The van der Waals surface area contributed by atoms with E-state index in [9.17, 15) is 4.79 Å². The van der Waals surface area contributed by atoms with E-state index >= 15 is 0 Å². The van der Waals surface area contributed by atoms with Crippen molar-refractivity contribution < 1.29 is 4.79 Å². The molecule has 0 bridgehead atoms. The zero-order chi connectivity index (χ0) is 20.9. The summed E-state index contributed by atoms with van der Waals surface area (Å²) < 4.78 is 0. The molecule has 1 aliphatic heterocycles. The van der Waals surface area contributed by atoms with E-state index in [1.54, 1.807) is 0 Å². The Bertz CT molecular complexity index is 946. The quantitative estimate of drug-likeness (QED) is 0.609. The predicted molar refractivity (Wildman–Crippen MR) is 122 cm³/mol. The fourth-order valence-corrected chi connectivity index (χ4v) is 5.06. The minimum absolute atomic E-state index is 0.0498. The molecule has 5 heteroatoms. The lowest BCUT2D eigenvalue weighted by molar-refractivity contribution is -0.122. The summed E-state index contributed by atoms with van der Waals surface area (Å²) in [6.07, 6.45) is 7.57. The van der Waals surface area contributed by atoms with Crippen LogP contribution in [0.1, 0.15) is 49.7 Å². The van der Waals surface area contributed by atoms with Crippen LogP contribution in [0.25, 0.3) is 4.85 Å². The van der Waals surface area contributed by atoms with Gasteiger partial charge in [-0.25, -0.2) is 4.85 Å². The Morgan fingerprint density at radius 3 is 2.77 bits per heavy atom. The van der Waals surface area contributed by atoms with Crippen molar-refractivity contribution in [1.29, 1.82) is 0 Å². The molecule has 1 saturated carbocycles. The average Bonchev–Trinajstić information content (AvgIpc) is 2.74. The Kier molecular flexibility index (Phi) is 6.59. The van der Waals surface area contributed by atoms with Crippen LogP contribution in [-0.4, -0.2) is 18.5 Å². The number of rotatable bonds is 5. The Labute approximate surface area is 184 Å². The topological polar surface area (TPSA) is 36.7 Å². The molecule has 0 unspecified atom stereocenters. The van der Waals surface area contributed by atoms with Gasteiger partial charge in [0, 0.05) is 30.2 Å². The molecule has 4 nitrogen and oxygen atoms in total. The van der Waals surface area contributed by atoms with Crippen molar-refractivity contribution in [3.63, 3.8) is 0 Å². The average molecular weight is 422 g/mol. The van der Waals surface area contributed by atoms with Gasteiger partial charge in [0.1, 0.15) is 0 Å². The summed E-state index contributed by atoms with van der Waals surface area (Å²) in [5.41, 5.74) is 4.04. The molecule has 2 aromatic rings. The van der Waals surface area contributed by atoms with E-state index in [-0.39, 0.29) is 11.9 Å². The molecule has 30 heavy (non-hydrogen) atoms. The van der Waals surface area contributed by atoms with Gasteiger partial charge in [-0.15, -0.1) is 0 Å². The molecule has 0 aromatic heterocycles. The second kappa shape index (κ2) is 9.53. The lowest BCUT2D eigenvalue weighted by atomic mass is 9.86. The van der Waals surface area contributed by atoms with Gasteiger partial charge in [-0.2, -0.15) is 0 Å². The van der Waals surface area contributed by atoms with Gasteiger partial charge in [-0.05, 0) is 54.5 Å². The number of fused-ring (bicyclic) bond motifs is 1. The Balaban J connectivity index is 1.50. The molecule has 1 atom stereocenters. The van der Waals surface area contributed by atoms with Gasteiger partial charge in [0.05, 0.1) is 12.6 Å². The van der Waals surface area contributed by atoms with Gasteiger partial charge in [-0.3, -0.25) is 4.79 Å². The summed E-state index contributed by atoms with van der Waals surface area (Å²) in [5.74, 6) is 0.699. The number of nitrogens with zero attached hydrogens (tertiary/aromatic N) is 2. The summed E-state index contributed by atoms with van der Waals surface area (Å²) in [6.45, 7) is 8.83. The number of hydrogen-bond acceptors (Lipinski definition) is 2. The molecule has 0 saturated heterocycles. The van der Waals surface area contributed by atoms with E-state index in [1.165, 1.54) is 32.1 Å². The van der Waals surface area contributed by atoms with E-state index in [0.717, 1.165) is 41.3 Å². The molecule has 2 aromatic carbocycles. The third kappa shape index (κ3) is 5.15. The van der Waals surface area contributed by atoms with Gasteiger partial charge in [0.25, 0.3) is 0 Å². The van der Waals surface area contributed by atoms with E-state index in [0.29, 0.717) is 18.0 Å². The molecule has 1 aliphatic carbocycles. The second-order valence-corrected chi connectivity index (χ2v) is 9.05. The second-order valence-electron chi connectivity index (χ2n) is 8.61. The smallest absolute Gasteiger partial charge is 0.220 e. The zero-order valence-electron chi connectivity index (χ0n) is 17.2. The first-order valence-corrected chi connectivity index (χ1v) is 11.3. The number of anilines is 1. The zero-order valence-corrected chi connectivity index (χ0v) is 18.0. The highest BCUT2D eigenvalue weighted by Crippen LogP contribution is 2.32. The van der Waals surface area contributed by atoms with Crippen molar-refractivity contribution in [3.8, 4) is 0 Å². The molecule has 1 fully saturated rings. The van der Waals surface area contributed by atoms with Crippen LogP contribution in [0.4, 0.5) is 11.4 Å². The number of halogens is 1. The minimum atomic E-state index is 0.0498. The molecule has 1 heterocycles. The van der Waals surface area contributed by atoms with Crippen LogP contribution in [-0.2, 0) is 17.8 Å². The molecule has 156 valence electrons. The van der Waals surface area contributed by atoms with Gasteiger partial charge < -0.3 is 10.2 Å². The molecule has 1 N–H and O–H groups in total. The number of benzene rings is 2. The number of nitrogens with one attached hydrogen (secondary N) is 1. The highest BCUT2D eigenvalue weighted by molar-refractivity contribution is 6.30. The maximum Gasteiger partial charge on any atom is 0.220 e. The fourth-order valence-electron chi connectivity index (χ4n) is 4.85. The van der Waals surface area contributed by atoms with Crippen LogP contribution in [0.15, 0.2) is 42.5 Å². The highest BCUT2D eigenvalue weighted by Gasteiger charge is 2.27. The summed E-state index contributed by atoms with van der Waals surface area (Å²) >= 11 is 6.18. The van der Waals surface area contributed by atoms with Crippen molar-refractivity contribution >= 4 is 28.9 Å². The van der Waals surface area contributed by atoms with E-state index in [4.69, 9.17) is 18.2 Å². The molecular formula is C25H28ClN3O. The van der Waals surface area contributed by atoms with Crippen molar-refractivity contribution in [3.05, 3.63) is 70.0 Å². The molecule has 1 amide bonds. The third-order valence-electron chi connectivity index (χ3n) is 6.27. The molecule has 0 radical (unpaired) electrons. The summed E-state index contributed by atoms with van der Waals surface area (Å²) in [4.78, 5) is 18.6. The Morgan fingerprint density at radius 2 is 2.00 bits per heavy atom. The van der Waals surface area contributed by atoms with Crippen molar-refractivity contribution in [2.45, 2.75) is 57.5 Å². The largest absolute Gasteiger partial charge is 0.365 e. The minimum Gasteiger partial charge on any atom is -0.365 e. The fraction of sp³-hybridized carbons (Fsp3) is 0.440. The SMILES string of the molecule is [C-]#[N+]c1ccc2c(c1)C[C@H](NC(=O)CC1CCCCC1)CN2Cc1cccc(Cl)c1. The number of carbonyl (C=O) groups is 1. The lowest BCUT2D eigenvalue weighted by Gasteiger charge is -2.37. The van der Waals surface area contributed by atoms with Crippen LogP contribution >= 0.6 is 11.6 Å². The van der Waals surface area contributed by atoms with E-state index < -0.39 is 0 Å². The Hall–Kier alpha value is -2.51. The van der Waals surface area contributed by atoms with E-state index in [1.807, 2.05) is 36.4 Å². The summed E-state index contributed by atoms with van der Waals surface area (Å²) in [5, 5.41) is 4.01. The summed E-state index contributed by atoms with van der Waals surface area (Å²) in [6, 6.07) is 13.8. The van der Waals surface area contributed by atoms with Crippen LogP contribution in [0, 0.1) is 12.5 Å². The first-order valence-electron chi connectivity index (χ1n) is 10.9. The van der Waals surface area contributed by atoms with Crippen molar-refractivity contribution in [2.75, 3.05) is 11.4 Å². The lowest BCUT2D eigenvalue weighted by Crippen LogP contribution is -2.48. The van der Waals surface area contributed by atoms with Crippen LogP contribution in [0.2, 0.25) is 5.02 Å². The maximum absolute atomic E-state index is 12.7. The monoisotopic (exact) mass is 421 g/mol. The number of carbonyl (C=O) groups excluding carboxylic acids is 1. The normalized spacial score (nSPS) is 19.1. The van der Waals surface area contributed by atoms with Gasteiger partial charge >= 0.3 is 0 Å². The van der Waals surface area contributed by atoms with Crippen molar-refractivity contribution in [2.24, 2.45) is 5.92 Å². The Morgan fingerprint density at radius 1 is 1.17 bits per heavy atom. The van der Waals surface area contributed by atoms with Gasteiger partial charge in [0.15, 0.2) is 5.69 Å². The van der Waals surface area contributed by atoms with Crippen LogP contribution in [0.5, 0.6) is 0 Å². The number of hydrogen-bond donors (Lipinski definition) is 1. The van der Waals surface area contributed by atoms with Gasteiger partial charge in [0.2, 0.25) is 5.91 Å². The third-order valence-corrected chi connectivity index (χ3v) is 6.50. The molecule has 2 aliphatic rings. The van der Waals surface area contributed by atoms with Crippen LogP contribution < -0.4 is 10.2 Å². The van der Waals surface area contributed by atoms with Crippen LogP contribution in [0.3, 0.4) is 0 Å². The van der Waals surface area contributed by atoms with Gasteiger partial charge in [-0.1, -0.05) is 55.1 Å². The number of amides is 1. The maximum atomic E-state index is 12.7. The molecular weight excluding hydrogens is 394 g/mol.